The summed E-state index contributed by atoms with van der Waals surface area (Å²) < 4.78 is 18.2. The van der Waals surface area contributed by atoms with Crippen molar-refractivity contribution in [2.24, 2.45) is 5.73 Å². The molecule has 1 aromatic carbocycles. The molecule has 0 aliphatic heterocycles. The molecule has 1 fully saturated rings. The zero-order chi connectivity index (χ0) is 13.9. The third kappa shape index (κ3) is 3.04. The van der Waals surface area contributed by atoms with Crippen LogP contribution in [0.25, 0.3) is 0 Å². The largest absolute Gasteiger partial charge is 0.381 e. The van der Waals surface area contributed by atoms with Crippen molar-refractivity contribution in [1.29, 1.82) is 0 Å². The molecule has 104 valence electrons. The zero-order valence-corrected chi connectivity index (χ0v) is 11.0. The molecule has 5 heteroatoms. The van der Waals surface area contributed by atoms with E-state index in [4.69, 9.17) is 10.5 Å². The van der Waals surface area contributed by atoms with E-state index in [1.807, 2.05) is 0 Å². The quantitative estimate of drug-likeness (QED) is 0.876. The van der Waals surface area contributed by atoms with E-state index in [-0.39, 0.29) is 11.9 Å². The molecule has 3 N–H and O–H groups in total. The number of amides is 1. The highest BCUT2D eigenvalue weighted by molar-refractivity contribution is 5.88. The number of nitrogens with two attached hydrogens (primary N) is 1. The van der Waals surface area contributed by atoms with Crippen molar-refractivity contribution in [3.05, 3.63) is 30.1 Å². The monoisotopic (exact) mass is 266 g/mol. The molecular weight excluding hydrogens is 247 g/mol. The Bertz CT molecular complexity index is 449. The minimum absolute atomic E-state index is 0.0224. The van der Waals surface area contributed by atoms with Crippen LogP contribution in [-0.2, 0) is 9.53 Å². The van der Waals surface area contributed by atoms with E-state index in [0.29, 0.717) is 18.5 Å². The van der Waals surface area contributed by atoms with Gasteiger partial charge in [-0.25, -0.2) is 4.39 Å². The van der Waals surface area contributed by atoms with Gasteiger partial charge in [0.1, 0.15) is 11.4 Å². The summed E-state index contributed by atoms with van der Waals surface area (Å²) >= 11 is 0. The average molecular weight is 266 g/mol. The van der Waals surface area contributed by atoms with Gasteiger partial charge in [0.15, 0.2) is 0 Å². The molecule has 1 aromatic rings. The van der Waals surface area contributed by atoms with E-state index in [1.165, 1.54) is 12.1 Å². The Morgan fingerprint density at radius 3 is 2.74 bits per heavy atom. The molecule has 0 saturated heterocycles. The average Bonchev–Trinajstić information content (AvgIpc) is 2.41. The van der Waals surface area contributed by atoms with Crippen LogP contribution in [0, 0.1) is 5.82 Å². The lowest BCUT2D eigenvalue weighted by Crippen LogP contribution is -2.54. The fourth-order valence-corrected chi connectivity index (χ4v) is 2.63. The Morgan fingerprint density at radius 1 is 1.47 bits per heavy atom. The number of hydrogen-bond donors (Lipinski definition) is 2. The molecule has 0 heterocycles. The number of methoxy groups -OCH3 is 1. The minimum atomic E-state index is -0.809. The molecule has 1 amide bonds. The number of benzene rings is 1. The first-order valence-corrected chi connectivity index (χ1v) is 6.42. The van der Waals surface area contributed by atoms with E-state index in [0.717, 1.165) is 12.8 Å². The maximum absolute atomic E-state index is 12.9. The van der Waals surface area contributed by atoms with Crippen molar-refractivity contribution >= 4 is 11.6 Å². The van der Waals surface area contributed by atoms with Gasteiger partial charge in [0.05, 0.1) is 6.10 Å². The van der Waals surface area contributed by atoms with Gasteiger partial charge in [0, 0.05) is 19.2 Å². The second kappa shape index (κ2) is 5.57. The highest BCUT2D eigenvalue weighted by Crippen LogP contribution is 2.33. The third-order valence-corrected chi connectivity index (χ3v) is 3.74. The van der Waals surface area contributed by atoms with Crippen molar-refractivity contribution in [2.75, 3.05) is 12.4 Å². The summed E-state index contributed by atoms with van der Waals surface area (Å²) in [7, 11) is 1.64. The fraction of sp³-hybridized carbons (Fsp3) is 0.500. The summed E-state index contributed by atoms with van der Waals surface area (Å²) in [6, 6.07) is 5.92. The Hall–Kier alpha value is -1.62. The molecule has 4 nitrogen and oxygen atoms in total. The molecular formula is C14H19FN2O2. The number of ether oxygens (including phenoxy) is 1. The first-order chi connectivity index (χ1) is 9.05. The molecule has 19 heavy (non-hydrogen) atoms. The maximum Gasteiger partial charge on any atom is 0.243 e. The Labute approximate surface area is 112 Å². The van der Waals surface area contributed by atoms with E-state index in [2.05, 4.69) is 5.32 Å². The predicted molar refractivity (Wildman–Crippen MR) is 71.2 cm³/mol. The van der Waals surface area contributed by atoms with Crippen LogP contribution in [0.15, 0.2) is 24.3 Å². The van der Waals surface area contributed by atoms with Gasteiger partial charge in [-0.2, -0.15) is 0 Å². The topological polar surface area (TPSA) is 64.3 Å². The fourth-order valence-electron chi connectivity index (χ4n) is 2.63. The zero-order valence-electron chi connectivity index (χ0n) is 11.0. The van der Waals surface area contributed by atoms with Crippen LogP contribution in [0.3, 0.4) is 0 Å². The SMILES string of the molecule is COC1CCCC(Nc2ccc(F)cc2)(C(N)=O)C1. The van der Waals surface area contributed by atoms with Crippen molar-refractivity contribution in [1.82, 2.24) is 0 Å². The standard InChI is InChI=1S/C14H19FN2O2/c1-19-12-3-2-8-14(9-12,13(16)18)17-11-6-4-10(15)5-7-11/h4-7,12,17H,2-3,8-9H2,1H3,(H2,16,18). The van der Waals surface area contributed by atoms with Gasteiger partial charge in [0.25, 0.3) is 0 Å². The molecule has 1 saturated carbocycles. The molecule has 0 aromatic heterocycles. The number of primary amides is 1. The van der Waals surface area contributed by atoms with E-state index >= 15 is 0 Å². The number of halogens is 1. The molecule has 2 atom stereocenters. The Balaban J connectivity index is 2.19. The number of carbonyl (C=O) groups is 1. The lowest BCUT2D eigenvalue weighted by molar-refractivity contribution is -0.125. The van der Waals surface area contributed by atoms with Crippen molar-refractivity contribution < 1.29 is 13.9 Å². The predicted octanol–water partition coefficient (Wildman–Crippen LogP) is 2.05. The molecule has 0 spiro atoms. The first kappa shape index (κ1) is 13.8. The summed E-state index contributed by atoms with van der Waals surface area (Å²) in [5.41, 5.74) is 5.45. The second-order valence-electron chi connectivity index (χ2n) is 5.03. The lowest BCUT2D eigenvalue weighted by atomic mass is 9.79. The van der Waals surface area contributed by atoms with Crippen LogP contribution < -0.4 is 11.1 Å². The summed E-state index contributed by atoms with van der Waals surface area (Å²) in [6.07, 6.45) is 3.02. The summed E-state index contributed by atoms with van der Waals surface area (Å²) in [5, 5.41) is 3.16. The smallest absolute Gasteiger partial charge is 0.243 e. The number of rotatable bonds is 4. The van der Waals surface area contributed by atoms with Gasteiger partial charge in [-0.15, -0.1) is 0 Å². The second-order valence-corrected chi connectivity index (χ2v) is 5.03. The highest BCUT2D eigenvalue weighted by atomic mass is 19.1. The van der Waals surface area contributed by atoms with E-state index in [9.17, 15) is 9.18 Å². The summed E-state index contributed by atoms with van der Waals surface area (Å²) in [5.74, 6) is -0.698. The highest BCUT2D eigenvalue weighted by Gasteiger charge is 2.41. The molecule has 0 bridgehead atoms. The molecule has 2 rings (SSSR count). The normalized spacial score (nSPS) is 26.9. The number of nitrogens with one attached hydrogen (secondary N) is 1. The van der Waals surface area contributed by atoms with Crippen LogP contribution in [-0.4, -0.2) is 24.7 Å². The van der Waals surface area contributed by atoms with Gasteiger partial charge in [-0.1, -0.05) is 0 Å². The van der Waals surface area contributed by atoms with Gasteiger partial charge in [0.2, 0.25) is 5.91 Å². The molecule has 1 aliphatic carbocycles. The number of anilines is 1. The van der Waals surface area contributed by atoms with Crippen LogP contribution in [0.1, 0.15) is 25.7 Å². The van der Waals surface area contributed by atoms with Crippen molar-refractivity contribution in [2.45, 2.75) is 37.3 Å². The third-order valence-electron chi connectivity index (χ3n) is 3.74. The molecule has 0 radical (unpaired) electrons. The van der Waals surface area contributed by atoms with Crippen LogP contribution >= 0.6 is 0 Å². The van der Waals surface area contributed by atoms with Gasteiger partial charge >= 0.3 is 0 Å². The number of carbonyl (C=O) groups excluding carboxylic acids is 1. The number of hydrogen-bond acceptors (Lipinski definition) is 3. The molecule has 1 aliphatic rings. The summed E-state index contributed by atoms with van der Waals surface area (Å²) in [6.45, 7) is 0. The Morgan fingerprint density at radius 2 is 2.16 bits per heavy atom. The van der Waals surface area contributed by atoms with Crippen LogP contribution in [0.4, 0.5) is 10.1 Å². The Kier molecular flexibility index (Phi) is 4.04. The maximum atomic E-state index is 12.9. The van der Waals surface area contributed by atoms with Crippen molar-refractivity contribution in [3.63, 3.8) is 0 Å². The van der Waals surface area contributed by atoms with Crippen LogP contribution in [0.5, 0.6) is 0 Å². The van der Waals surface area contributed by atoms with Gasteiger partial charge in [-0.3, -0.25) is 4.79 Å². The van der Waals surface area contributed by atoms with Gasteiger partial charge < -0.3 is 15.8 Å². The van der Waals surface area contributed by atoms with E-state index in [1.54, 1.807) is 19.2 Å². The first-order valence-electron chi connectivity index (χ1n) is 6.42. The van der Waals surface area contributed by atoms with E-state index < -0.39 is 11.4 Å². The minimum Gasteiger partial charge on any atom is -0.381 e. The lowest BCUT2D eigenvalue weighted by Gasteiger charge is -2.39. The molecule has 2 unspecified atom stereocenters. The van der Waals surface area contributed by atoms with Crippen molar-refractivity contribution in [3.8, 4) is 0 Å². The van der Waals surface area contributed by atoms with Gasteiger partial charge in [-0.05, 0) is 43.5 Å². The van der Waals surface area contributed by atoms with Crippen LogP contribution in [0.2, 0.25) is 0 Å². The summed E-state index contributed by atoms with van der Waals surface area (Å²) in [4.78, 5) is 11.8.